The zero-order valence-corrected chi connectivity index (χ0v) is 11.6. The molecular formula is C16H16N2O3. The molecule has 2 fully saturated rings. The summed E-state index contributed by atoms with van der Waals surface area (Å²) in [4.78, 5) is 37.7. The van der Waals surface area contributed by atoms with E-state index in [0.717, 1.165) is 5.56 Å². The Morgan fingerprint density at radius 2 is 2.05 bits per heavy atom. The second kappa shape index (κ2) is 4.41. The molecule has 5 nitrogen and oxygen atoms in total. The third kappa shape index (κ3) is 1.87. The van der Waals surface area contributed by atoms with Gasteiger partial charge >= 0.3 is 0 Å². The van der Waals surface area contributed by atoms with Gasteiger partial charge in [0.15, 0.2) is 5.78 Å². The van der Waals surface area contributed by atoms with Crippen LogP contribution in [0.4, 0.5) is 0 Å². The maximum absolute atomic E-state index is 12.7. The van der Waals surface area contributed by atoms with Gasteiger partial charge in [0, 0.05) is 43.0 Å². The highest BCUT2D eigenvalue weighted by Gasteiger charge is 2.42. The summed E-state index contributed by atoms with van der Waals surface area (Å²) in [5.74, 6) is 0.443. The SMILES string of the molecule is O=C1C[C@H]2CN(C(=O)c3cccc4c3CCC4=O)C[C@H]2N1. The van der Waals surface area contributed by atoms with Gasteiger partial charge in [-0.05, 0) is 18.1 Å². The number of ketones is 1. The summed E-state index contributed by atoms with van der Waals surface area (Å²) in [6, 6.07) is 5.50. The van der Waals surface area contributed by atoms with Gasteiger partial charge in [-0.25, -0.2) is 0 Å². The average Bonchev–Trinajstić information content (AvgIpc) is 3.11. The van der Waals surface area contributed by atoms with Crippen molar-refractivity contribution in [1.82, 2.24) is 10.2 Å². The van der Waals surface area contributed by atoms with Crippen molar-refractivity contribution >= 4 is 17.6 Å². The van der Waals surface area contributed by atoms with Crippen molar-refractivity contribution in [1.29, 1.82) is 0 Å². The van der Waals surface area contributed by atoms with Crippen molar-refractivity contribution in [3.63, 3.8) is 0 Å². The Kier molecular flexibility index (Phi) is 2.64. The van der Waals surface area contributed by atoms with Crippen LogP contribution in [-0.2, 0) is 11.2 Å². The molecule has 0 aromatic heterocycles. The Morgan fingerprint density at radius 1 is 1.19 bits per heavy atom. The number of carbonyl (C=O) groups is 3. The molecule has 3 aliphatic rings. The minimum absolute atomic E-state index is 0.00908. The predicted octanol–water partition coefficient (Wildman–Crippen LogP) is 0.776. The van der Waals surface area contributed by atoms with E-state index in [9.17, 15) is 14.4 Å². The summed E-state index contributed by atoms with van der Waals surface area (Å²) in [5.41, 5.74) is 2.26. The van der Waals surface area contributed by atoms with Gasteiger partial charge in [0.2, 0.25) is 5.91 Å². The summed E-state index contributed by atoms with van der Waals surface area (Å²) >= 11 is 0. The fraction of sp³-hybridized carbons (Fsp3) is 0.438. The Labute approximate surface area is 122 Å². The first-order valence-corrected chi connectivity index (χ1v) is 7.37. The van der Waals surface area contributed by atoms with Crippen LogP contribution < -0.4 is 5.32 Å². The summed E-state index contributed by atoms with van der Waals surface area (Å²) < 4.78 is 0. The Hall–Kier alpha value is -2.17. The number of fused-ring (bicyclic) bond motifs is 2. The zero-order chi connectivity index (χ0) is 14.6. The minimum Gasteiger partial charge on any atom is -0.351 e. The predicted molar refractivity (Wildman–Crippen MR) is 75.0 cm³/mol. The molecule has 2 heterocycles. The smallest absolute Gasteiger partial charge is 0.254 e. The van der Waals surface area contributed by atoms with Crippen molar-refractivity contribution in [2.75, 3.05) is 13.1 Å². The molecule has 0 unspecified atom stereocenters. The number of benzene rings is 1. The number of amides is 2. The van der Waals surface area contributed by atoms with Gasteiger partial charge in [-0.15, -0.1) is 0 Å². The van der Waals surface area contributed by atoms with Gasteiger partial charge < -0.3 is 10.2 Å². The van der Waals surface area contributed by atoms with E-state index in [1.807, 2.05) is 11.0 Å². The van der Waals surface area contributed by atoms with E-state index in [0.29, 0.717) is 43.5 Å². The fourth-order valence-electron chi connectivity index (χ4n) is 3.77. The van der Waals surface area contributed by atoms with E-state index in [2.05, 4.69) is 5.32 Å². The Morgan fingerprint density at radius 3 is 2.86 bits per heavy atom. The number of rotatable bonds is 1. The lowest BCUT2D eigenvalue weighted by Gasteiger charge is -2.19. The van der Waals surface area contributed by atoms with Crippen molar-refractivity contribution in [3.8, 4) is 0 Å². The quantitative estimate of drug-likeness (QED) is 0.828. The van der Waals surface area contributed by atoms with Crippen molar-refractivity contribution < 1.29 is 14.4 Å². The van der Waals surface area contributed by atoms with Crippen LogP contribution in [0.25, 0.3) is 0 Å². The second-order valence-electron chi connectivity index (χ2n) is 6.10. The lowest BCUT2D eigenvalue weighted by atomic mass is 10.0. The molecule has 0 radical (unpaired) electrons. The van der Waals surface area contributed by atoms with Crippen LogP contribution in [0.1, 0.15) is 39.1 Å². The summed E-state index contributed by atoms with van der Waals surface area (Å²) in [6.45, 7) is 1.20. The third-order valence-corrected chi connectivity index (χ3v) is 4.83. The number of hydrogen-bond acceptors (Lipinski definition) is 3. The highest BCUT2D eigenvalue weighted by atomic mass is 16.2. The second-order valence-corrected chi connectivity index (χ2v) is 6.10. The molecule has 0 saturated carbocycles. The number of carbonyl (C=O) groups excluding carboxylic acids is 3. The van der Waals surface area contributed by atoms with Crippen LogP contribution in [0.2, 0.25) is 0 Å². The lowest BCUT2D eigenvalue weighted by molar-refractivity contribution is -0.119. The first kappa shape index (κ1) is 12.6. The number of Topliss-reactive ketones (excluding diaryl/α,β-unsaturated/α-hetero) is 1. The lowest BCUT2D eigenvalue weighted by Crippen LogP contribution is -2.35. The van der Waals surface area contributed by atoms with Crippen molar-refractivity contribution in [3.05, 3.63) is 34.9 Å². The molecule has 2 saturated heterocycles. The molecule has 5 heteroatoms. The molecular weight excluding hydrogens is 268 g/mol. The van der Waals surface area contributed by atoms with Crippen LogP contribution in [0.3, 0.4) is 0 Å². The number of likely N-dealkylation sites (tertiary alicyclic amines) is 1. The normalized spacial score (nSPS) is 26.8. The molecule has 1 N–H and O–H groups in total. The van der Waals surface area contributed by atoms with Gasteiger partial charge in [0.1, 0.15) is 0 Å². The van der Waals surface area contributed by atoms with Gasteiger partial charge in [0.25, 0.3) is 5.91 Å². The standard InChI is InChI=1S/C16H16N2O3/c19-14-5-4-10-11(14)2-1-3-12(10)16(21)18-7-9-6-15(20)17-13(9)8-18/h1-3,9,13H,4-8H2,(H,17,20)/t9-,13+/m0/s1. The molecule has 2 amide bonds. The van der Waals surface area contributed by atoms with E-state index < -0.39 is 0 Å². The molecule has 1 aromatic rings. The summed E-state index contributed by atoms with van der Waals surface area (Å²) in [7, 11) is 0. The first-order chi connectivity index (χ1) is 10.1. The zero-order valence-electron chi connectivity index (χ0n) is 11.6. The monoisotopic (exact) mass is 284 g/mol. The van der Waals surface area contributed by atoms with Gasteiger partial charge in [-0.3, -0.25) is 14.4 Å². The van der Waals surface area contributed by atoms with Crippen molar-refractivity contribution in [2.45, 2.75) is 25.3 Å². The maximum Gasteiger partial charge on any atom is 0.254 e. The van der Waals surface area contributed by atoms with Gasteiger partial charge in [0.05, 0.1) is 6.04 Å². The first-order valence-electron chi connectivity index (χ1n) is 7.37. The number of nitrogens with one attached hydrogen (secondary N) is 1. The molecule has 1 aromatic carbocycles. The number of hydrogen-bond donors (Lipinski definition) is 1. The Balaban J connectivity index is 1.60. The molecule has 108 valence electrons. The molecule has 0 spiro atoms. The average molecular weight is 284 g/mol. The van der Waals surface area contributed by atoms with E-state index in [1.54, 1.807) is 12.1 Å². The third-order valence-electron chi connectivity index (χ3n) is 4.83. The molecule has 0 bridgehead atoms. The maximum atomic E-state index is 12.7. The molecule has 21 heavy (non-hydrogen) atoms. The van der Waals surface area contributed by atoms with Crippen LogP contribution >= 0.6 is 0 Å². The van der Waals surface area contributed by atoms with Gasteiger partial charge in [-0.2, -0.15) is 0 Å². The highest BCUT2D eigenvalue weighted by Crippen LogP contribution is 2.30. The van der Waals surface area contributed by atoms with Crippen LogP contribution in [0.15, 0.2) is 18.2 Å². The largest absolute Gasteiger partial charge is 0.351 e. The van der Waals surface area contributed by atoms with E-state index in [-0.39, 0.29) is 29.6 Å². The van der Waals surface area contributed by atoms with Crippen LogP contribution in [0.5, 0.6) is 0 Å². The summed E-state index contributed by atoms with van der Waals surface area (Å²) in [6.07, 6.45) is 1.67. The van der Waals surface area contributed by atoms with E-state index >= 15 is 0 Å². The topological polar surface area (TPSA) is 66.5 Å². The van der Waals surface area contributed by atoms with Crippen LogP contribution in [-0.4, -0.2) is 41.6 Å². The molecule has 2 atom stereocenters. The summed E-state index contributed by atoms with van der Waals surface area (Å²) in [5, 5.41) is 2.92. The molecule has 4 rings (SSSR count). The highest BCUT2D eigenvalue weighted by molar-refractivity contribution is 6.05. The van der Waals surface area contributed by atoms with Crippen LogP contribution in [0, 0.1) is 5.92 Å². The minimum atomic E-state index is -0.00908. The van der Waals surface area contributed by atoms with Crippen molar-refractivity contribution in [2.24, 2.45) is 5.92 Å². The van der Waals surface area contributed by atoms with E-state index in [1.165, 1.54) is 0 Å². The molecule has 1 aliphatic carbocycles. The number of nitrogens with zero attached hydrogens (tertiary/aromatic N) is 1. The fourth-order valence-corrected chi connectivity index (χ4v) is 3.77. The molecule has 2 aliphatic heterocycles. The Bertz CT molecular complexity index is 651. The van der Waals surface area contributed by atoms with Gasteiger partial charge in [-0.1, -0.05) is 12.1 Å². The van der Waals surface area contributed by atoms with E-state index in [4.69, 9.17) is 0 Å².